The molecule has 1 atom stereocenters. The average molecular weight is 420 g/mol. The van der Waals surface area contributed by atoms with Crippen molar-refractivity contribution in [2.75, 3.05) is 19.7 Å². The van der Waals surface area contributed by atoms with Gasteiger partial charge >= 0.3 is 0 Å². The molecule has 1 aliphatic heterocycles. The second-order valence-electron chi connectivity index (χ2n) is 7.06. The lowest BCUT2D eigenvalue weighted by atomic mass is 10.1. The van der Waals surface area contributed by atoms with E-state index in [2.05, 4.69) is 30.6 Å². The summed E-state index contributed by atoms with van der Waals surface area (Å²) >= 11 is 0. The Morgan fingerprint density at radius 3 is 2.87 bits per heavy atom. The Kier molecular flexibility index (Phi) is 6.63. The van der Waals surface area contributed by atoms with Crippen molar-refractivity contribution in [1.82, 2.24) is 30.6 Å². The predicted molar refractivity (Wildman–Crippen MR) is 114 cm³/mol. The van der Waals surface area contributed by atoms with E-state index in [4.69, 9.17) is 9.47 Å². The lowest BCUT2D eigenvalue weighted by molar-refractivity contribution is 0.0930. The van der Waals surface area contributed by atoms with Crippen LogP contribution in [0.2, 0.25) is 0 Å². The van der Waals surface area contributed by atoms with Crippen molar-refractivity contribution < 1.29 is 14.3 Å². The molecule has 3 aromatic rings. The van der Waals surface area contributed by atoms with Crippen LogP contribution >= 0.6 is 0 Å². The maximum atomic E-state index is 12.4. The highest BCUT2D eigenvalue weighted by atomic mass is 16.5. The van der Waals surface area contributed by atoms with Crippen LogP contribution in [0.4, 0.5) is 0 Å². The van der Waals surface area contributed by atoms with Gasteiger partial charge in [-0.05, 0) is 44.5 Å². The fourth-order valence-electron chi connectivity index (χ4n) is 3.26. The highest BCUT2D eigenvalue weighted by molar-refractivity contribution is 5.93. The summed E-state index contributed by atoms with van der Waals surface area (Å²) < 4.78 is 11.4. The Bertz CT molecular complexity index is 1020. The zero-order valence-electron chi connectivity index (χ0n) is 17.2. The number of amides is 1. The molecule has 31 heavy (non-hydrogen) atoms. The third-order valence-electron chi connectivity index (χ3n) is 4.77. The van der Waals surface area contributed by atoms with Crippen LogP contribution < -0.4 is 20.1 Å². The number of hydrogen-bond acceptors (Lipinski definition) is 8. The van der Waals surface area contributed by atoms with Crippen LogP contribution in [0.15, 0.2) is 49.2 Å². The number of ether oxygens (including phenoxy) is 2. The van der Waals surface area contributed by atoms with Crippen molar-refractivity contribution in [3.05, 3.63) is 54.7 Å². The van der Waals surface area contributed by atoms with Crippen molar-refractivity contribution in [1.29, 1.82) is 0 Å². The van der Waals surface area contributed by atoms with Gasteiger partial charge in [-0.15, -0.1) is 0 Å². The van der Waals surface area contributed by atoms with Gasteiger partial charge in [0, 0.05) is 42.9 Å². The first-order chi connectivity index (χ1) is 15.2. The Morgan fingerprint density at radius 2 is 2.10 bits per heavy atom. The molecule has 4 rings (SSSR count). The van der Waals surface area contributed by atoms with E-state index in [1.54, 1.807) is 36.8 Å². The Balaban J connectivity index is 1.46. The van der Waals surface area contributed by atoms with E-state index in [9.17, 15) is 4.79 Å². The zero-order valence-corrected chi connectivity index (χ0v) is 17.2. The first-order valence-corrected chi connectivity index (χ1v) is 10.3. The molecule has 1 saturated heterocycles. The second kappa shape index (κ2) is 9.94. The number of pyridine rings is 2. The molecule has 3 aromatic heterocycles. The van der Waals surface area contributed by atoms with Gasteiger partial charge in [0.25, 0.3) is 11.8 Å². The molecule has 0 unspecified atom stereocenters. The van der Waals surface area contributed by atoms with Gasteiger partial charge in [0.2, 0.25) is 0 Å². The molecule has 2 N–H and O–H groups in total. The first kappa shape index (κ1) is 20.7. The molecule has 0 radical (unpaired) electrons. The molecule has 4 heterocycles. The summed E-state index contributed by atoms with van der Waals surface area (Å²) in [7, 11) is 0. The SMILES string of the molecule is CCOc1cccnc1Oc1cncc(-c2ncc(C(=O)N[C@H]3CCCNC3)cn2)c1. The number of nitrogens with zero attached hydrogens (tertiary/aromatic N) is 4. The number of carbonyl (C=O) groups excluding carboxylic acids is 1. The third kappa shape index (κ3) is 5.32. The Labute approximate surface area is 180 Å². The highest BCUT2D eigenvalue weighted by Crippen LogP contribution is 2.30. The highest BCUT2D eigenvalue weighted by Gasteiger charge is 2.17. The number of piperidine rings is 1. The van der Waals surface area contributed by atoms with Crippen molar-refractivity contribution in [3.63, 3.8) is 0 Å². The van der Waals surface area contributed by atoms with Crippen LogP contribution in [-0.2, 0) is 0 Å². The molecular formula is C22H24N6O3. The number of nitrogens with one attached hydrogen (secondary N) is 2. The standard InChI is InChI=1S/C22H24N6O3/c1-2-30-19-6-4-8-25-22(19)31-18-9-15(10-24-14-18)20-26-11-16(12-27-20)21(29)28-17-5-3-7-23-13-17/h4,6,8-12,14,17,23H,2-3,5,7,13H2,1H3,(H,28,29)/t17-/m0/s1. The van der Waals surface area contributed by atoms with Gasteiger partial charge in [-0.3, -0.25) is 9.78 Å². The van der Waals surface area contributed by atoms with Gasteiger partial charge < -0.3 is 20.1 Å². The monoisotopic (exact) mass is 420 g/mol. The fourth-order valence-corrected chi connectivity index (χ4v) is 3.26. The van der Waals surface area contributed by atoms with Gasteiger partial charge in [0.15, 0.2) is 11.6 Å². The number of aromatic nitrogens is 4. The molecule has 0 bridgehead atoms. The van der Waals surface area contributed by atoms with Crippen LogP contribution in [-0.4, -0.2) is 51.6 Å². The van der Waals surface area contributed by atoms with Gasteiger partial charge in [-0.2, -0.15) is 0 Å². The lowest BCUT2D eigenvalue weighted by Crippen LogP contribution is -2.45. The fraction of sp³-hybridized carbons (Fsp3) is 0.318. The number of hydrogen-bond donors (Lipinski definition) is 2. The summed E-state index contributed by atoms with van der Waals surface area (Å²) in [6.45, 7) is 4.18. The summed E-state index contributed by atoms with van der Waals surface area (Å²) in [6, 6.07) is 5.47. The van der Waals surface area contributed by atoms with E-state index in [0.29, 0.717) is 40.9 Å². The largest absolute Gasteiger partial charge is 0.488 e. The minimum Gasteiger partial charge on any atom is -0.488 e. The van der Waals surface area contributed by atoms with E-state index >= 15 is 0 Å². The quantitative estimate of drug-likeness (QED) is 0.600. The molecule has 9 heteroatoms. The van der Waals surface area contributed by atoms with Crippen molar-refractivity contribution in [2.45, 2.75) is 25.8 Å². The molecule has 1 aliphatic rings. The van der Waals surface area contributed by atoms with Crippen LogP contribution in [0.1, 0.15) is 30.1 Å². The van der Waals surface area contributed by atoms with E-state index in [1.165, 1.54) is 12.4 Å². The molecule has 1 amide bonds. The summed E-state index contributed by atoms with van der Waals surface area (Å²) in [4.78, 5) is 29.5. The zero-order chi connectivity index (χ0) is 21.5. The molecule has 0 saturated carbocycles. The van der Waals surface area contributed by atoms with Crippen LogP contribution in [0.25, 0.3) is 11.4 Å². The average Bonchev–Trinajstić information content (AvgIpc) is 2.81. The first-order valence-electron chi connectivity index (χ1n) is 10.3. The predicted octanol–water partition coefficient (Wildman–Crippen LogP) is 2.61. The lowest BCUT2D eigenvalue weighted by Gasteiger charge is -2.23. The van der Waals surface area contributed by atoms with Crippen molar-refractivity contribution in [2.24, 2.45) is 0 Å². The number of rotatable bonds is 7. The van der Waals surface area contributed by atoms with Crippen molar-refractivity contribution >= 4 is 5.91 Å². The van der Waals surface area contributed by atoms with Crippen LogP contribution in [0.5, 0.6) is 17.4 Å². The summed E-state index contributed by atoms with van der Waals surface area (Å²) in [5.41, 5.74) is 1.08. The molecular weight excluding hydrogens is 396 g/mol. The topological polar surface area (TPSA) is 111 Å². The Morgan fingerprint density at radius 1 is 1.23 bits per heavy atom. The normalized spacial score (nSPS) is 15.8. The molecule has 0 aliphatic carbocycles. The van der Waals surface area contributed by atoms with E-state index in [-0.39, 0.29) is 11.9 Å². The van der Waals surface area contributed by atoms with E-state index in [1.807, 2.05) is 6.92 Å². The Hall–Kier alpha value is -3.59. The van der Waals surface area contributed by atoms with Gasteiger partial charge in [0.1, 0.15) is 5.75 Å². The third-order valence-corrected chi connectivity index (χ3v) is 4.77. The summed E-state index contributed by atoms with van der Waals surface area (Å²) in [6.07, 6.45) is 9.91. The molecule has 0 aromatic carbocycles. The van der Waals surface area contributed by atoms with Crippen LogP contribution in [0, 0.1) is 0 Å². The van der Waals surface area contributed by atoms with Crippen LogP contribution in [0.3, 0.4) is 0 Å². The second-order valence-corrected chi connectivity index (χ2v) is 7.06. The number of carbonyl (C=O) groups is 1. The van der Waals surface area contributed by atoms with E-state index in [0.717, 1.165) is 25.9 Å². The molecule has 160 valence electrons. The van der Waals surface area contributed by atoms with Crippen molar-refractivity contribution in [3.8, 4) is 28.8 Å². The summed E-state index contributed by atoms with van der Waals surface area (Å²) in [5, 5.41) is 6.29. The maximum Gasteiger partial charge on any atom is 0.262 e. The van der Waals surface area contributed by atoms with E-state index < -0.39 is 0 Å². The minimum absolute atomic E-state index is 0.132. The molecule has 1 fully saturated rings. The maximum absolute atomic E-state index is 12.4. The summed E-state index contributed by atoms with van der Waals surface area (Å²) in [5.74, 6) is 1.66. The smallest absolute Gasteiger partial charge is 0.262 e. The van der Waals surface area contributed by atoms with Gasteiger partial charge in [-0.25, -0.2) is 15.0 Å². The molecule has 0 spiro atoms. The van der Waals surface area contributed by atoms with Gasteiger partial charge in [-0.1, -0.05) is 0 Å². The van der Waals surface area contributed by atoms with Gasteiger partial charge in [0.05, 0.1) is 18.4 Å². The molecule has 9 nitrogen and oxygen atoms in total. The minimum atomic E-state index is -0.172.